The van der Waals surface area contributed by atoms with Crippen LogP contribution in [-0.2, 0) is 9.53 Å². The molecule has 0 amide bonds. The van der Waals surface area contributed by atoms with Gasteiger partial charge < -0.3 is 9.64 Å². The van der Waals surface area contributed by atoms with Crippen LogP contribution in [0.3, 0.4) is 0 Å². The Morgan fingerprint density at radius 3 is 2.08 bits per heavy atom. The lowest BCUT2D eigenvalue weighted by atomic mass is 10.3. The van der Waals surface area contributed by atoms with Gasteiger partial charge >= 0.3 is 5.97 Å². The van der Waals surface area contributed by atoms with Crippen LogP contribution in [0.25, 0.3) is 0 Å². The number of carbonyl (C=O) groups excluding carboxylic acids is 1. The molecule has 0 N–H and O–H groups in total. The second-order valence-corrected chi connectivity index (χ2v) is 10.2. The lowest BCUT2D eigenvalue weighted by Crippen LogP contribution is -2.34. The third-order valence-corrected chi connectivity index (χ3v) is 5.70. The summed E-state index contributed by atoms with van der Waals surface area (Å²) in [5, 5.41) is -0.663. The minimum Gasteiger partial charge on any atom is -0.449 e. The van der Waals surface area contributed by atoms with Crippen molar-refractivity contribution in [1.29, 1.82) is 0 Å². The van der Waals surface area contributed by atoms with E-state index in [0.29, 0.717) is 4.32 Å². The molecule has 0 spiro atoms. The highest BCUT2D eigenvalue weighted by molar-refractivity contribution is 8.23. The molecule has 0 radical (unpaired) electrons. The van der Waals surface area contributed by atoms with Crippen LogP contribution in [0, 0.1) is 0 Å². The summed E-state index contributed by atoms with van der Waals surface area (Å²) in [6, 6.07) is 0. The molecule has 0 fully saturated rings. The van der Waals surface area contributed by atoms with Crippen molar-refractivity contribution in [2.24, 2.45) is 0 Å². The van der Waals surface area contributed by atoms with Gasteiger partial charge in [0, 0.05) is 26.4 Å². The molecule has 2 atom stereocenters. The van der Waals surface area contributed by atoms with Gasteiger partial charge in [0.15, 0.2) is 9.23 Å². The minimum atomic E-state index is -1.52. The standard InChI is InChI=1S/C15H25Cl4NO2S2/c1-4-6-8-20(9-7-5-2)14(23)24-13(22-11(3)21)12(16)10-15(17,18)19/h12-13H,4-10H2,1-3H3. The lowest BCUT2D eigenvalue weighted by molar-refractivity contribution is -0.142. The maximum Gasteiger partial charge on any atom is 0.303 e. The van der Waals surface area contributed by atoms with Crippen LogP contribution in [0.4, 0.5) is 0 Å². The van der Waals surface area contributed by atoms with E-state index in [2.05, 4.69) is 18.7 Å². The number of rotatable bonds is 10. The lowest BCUT2D eigenvalue weighted by Gasteiger charge is -2.29. The molecule has 3 nitrogen and oxygen atoms in total. The molecule has 0 bridgehead atoms. The van der Waals surface area contributed by atoms with Gasteiger partial charge in [-0.2, -0.15) is 0 Å². The van der Waals surface area contributed by atoms with Crippen LogP contribution >= 0.6 is 70.4 Å². The average molecular weight is 457 g/mol. The summed E-state index contributed by atoms with van der Waals surface area (Å²) in [5.74, 6) is -0.445. The van der Waals surface area contributed by atoms with E-state index in [-0.39, 0.29) is 6.42 Å². The smallest absolute Gasteiger partial charge is 0.303 e. The molecule has 0 saturated heterocycles. The van der Waals surface area contributed by atoms with E-state index in [0.717, 1.165) is 38.8 Å². The van der Waals surface area contributed by atoms with Crippen molar-refractivity contribution in [3.8, 4) is 0 Å². The van der Waals surface area contributed by atoms with Crippen LogP contribution in [0.5, 0.6) is 0 Å². The number of hydrogen-bond donors (Lipinski definition) is 0. The van der Waals surface area contributed by atoms with Crippen molar-refractivity contribution in [1.82, 2.24) is 4.90 Å². The van der Waals surface area contributed by atoms with E-state index in [1.807, 2.05) is 0 Å². The molecule has 0 heterocycles. The molecule has 2 unspecified atom stereocenters. The van der Waals surface area contributed by atoms with Gasteiger partial charge in [-0.3, -0.25) is 4.79 Å². The Labute approximate surface area is 175 Å². The van der Waals surface area contributed by atoms with Crippen LogP contribution in [-0.4, -0.2) is 42.9 Å². The summed E-state index contributed by atoms with van der Waals surface area (Å²) in [4.78, 5) is 13.5. The number of thiocarbonyl (C=S) groups is 1. The first-order valence-corrected chi connectivity index (χ1v) is 10.8. The fraction of sp³-hybridized carbons (Fsp3) is 0.867. The van der Waals surface area contributed by atoms with Crippen molar-refractivity contribution in [2.75, 3.05) is 13.1 Å². The SMILES string of the molecule is CCCCN(CCCC)C(=S)SC(OC(C)=O)C(Cl)CC(Cl)(Cl)Cl. The van der Waals surface area contributed by atoms with Crippen LogP contribution in [0.1, 0.15) is 52.9 Å². The molecule has 0 aromatic carbocycles. The summed E-state index contributed by atoms with van der Waals surface area (Å²) in [6.45, 7) is 7.32. The van der Waals surface area contributed by atoms with Crippen LogP contribution in [0.2, 0.25) is 0 Å². The number of ether oxygens (including phenoxy) is 1. The Morgan fingerprint density at radius 1 is 1.21 bits per heavy atom. The first-order chi connectivity index (χ1) is 11.1. The molecule has 0 saturated carbocycles. The summed E-state index contributed by atoms with van der Waals surface area (Å²) >= 11 is 30.5. The number of unbranched alkanes of at least 4 members (excludes halogenated alkanes) is 2. The summed E-state index contributed by atoms with van der Waals surface area (Å²) in [7, 11) is 0. The Bertz CT molecular complexity index is 386. The number of esters is 1. The molecule has 0 aromatic heterocycles. The highest BCUT2D eigenvalue weighted by Gasteiger charge is 2.33. The van der Waals surface area contributed by atoms with Gasteiger partial charge in [0.1, 0.15) is 4.32 Å². The number of thioether (sulfide) groups is 1. The van der Waals surface area contributed by atoms with Crippen LogP contribution in [0.15, 0.2) is 0 Å². The van der Waals surface area contributed by atoms with Crippen LogP contribution < -0.4 is 0 Å². The predicted molar refractivity (Wildman–Crippen MR) is 112 cm³/mol. The molecule has 0 rings (SSSR count). The first kappa shape index (κ1) is 24.9. The van der Waals surface area contributed by atoms with E-state index in [1.165, 1.54) is 18.7 Å². The third kappa shape index (κ3) is 12.3. The largest absolute Gasteiger partial charge is 0.449 e. The molecular weight excluding hydrogens is 432 g/mol. The normalized spacial score (nSPS) is 14.1. The van der Waals surface area contributed by atoms with Crippen molar-refractivity contribution < 1.29 is 9.53 Å². The van der Waals surface area contributed by atoms with Gasteiger partial charge in [0.05, 0.1) is 5.38 Å². The second-order valence-electron chi connectivity index (χ2n) is 5.39. The molecule has 0 aliphatic heterocycles. The fourth-order valence-corrected chi connectivity index (χ4v) is 4.42. The number of hydrogen-bond acceptors (Lipinski definition) is 4. The third-order valence-electron chi connectivity index (χ3n) is 3.04. The highest BCUT2D eigenvalue weighted by Crippen LogP contribution is 2.37. The first-order valence-electron chi connectivity index (χ1n) is 7.94. The average Bonchev–Trinajstić information content (AvgIpc) is 2.44. The highest BCUT2D eigenvalue weighted by atomic mass is 35.6. The van der Waals surface area contributed by atoms with E-state index < -0.39 is 20.6 Å². The zero-order valence-electron chi connectivity index (χ0n) is 14.2. The summed E-state index contributed by atoms with van der Waals surface area (Å²) in [5.41, 5.74) is -0.696. The van der Waals surface area contributed by atoms with Gasteiger partial charge in [-0.1, -0.05) is 85.5 Å². The molecule has 142 valence electrons. The minimum absolute atomic E-state index is 0.0523. The molecule has 0 aliphatic carbocycles. The van der Waals surface area contributed by atoms with Gasteiger partial charge in [-0.25, -0.2) is 0 Å². The van der Waals surface area contributed by atoms with Crippen molar-refractivity contribution in [3.63, 3.8) is 0 Å². The topological polar surface area (TPSA) is 29.5 Å². The van der Waals surface area contributed by atoms with E-state index >= 15 is 0 Å². The number of alkyl halides is 4. The van der Waals surface area contributed by atoms with E-state index in [1.54, 1.807) is 0 Å². The molecule has 24 heavy (non-hydrogen) atoms. The molecule has 0 aliphatic rings. The summed E-state index contributed by atoms with van der Waals surface area (Å²) in [6.07, 6.45) is 4.29. The summed E-state index contributed by atoms with van der Waals surface area (Å²) < 4.78 is 4.42. The van der Waals surface area contributed by atoms with Crippen molar-refractivity contribution in [2.45, 2.75) is 67.5 Å². The van der Waals surface area contributed by atoms with Gasteiger partial charge in [0.2, 0.25) is 0 Å². The quantitative estimate of drug-likeness (QED) is 0.170. The second kappa shape index (κ2) is 13.1. The number of halogens is 4. The van der Waals surface area contributed by atoms with Gasteiger partial charge in [-0.05, 0) is 12.8 Å². The van der Waals surface area contributed by atoms with E-state index in [4.69, 9.17) is 63.4 Å². The Balaban J connectivity index is 4.93. The van der Waals surface area contributed by atoms with Gasteiger partial charge in [0.25, 0.3) is 0 Å². The van der Waals surface area contributed by atoms with Crippen molar-refractivity contribution in [3.05, 3.63) is 0 Å². The number of nitrogens with zero attached hydrogens (tertiary/aromatic N) is 1. The predicted octanol–water partition coefficient (Wildman–Crippen LogP) is 6.16. The monoisotopic (exact) mass is 455 g/mol. The maximum absolute atomic E-state index is 11.4. The fourth-order valence-electron chi connectivity index (χ4n) is 1.82. The zero-order valence-corrected chi connectivity index (χ0v) is 18.9. The Kier molecular flexibility index (Phi) is 13.6. The maximum atomic E-state index is 11.4. The number of carbonyl (C=O) groups is 1. The molecule has 0 aromatic rings. The van der Waals surface area contributed by atoms with Crippen molar-refractivity contribution >= 4 is 80.7 Å². The van der Waals surface area contributed by atoms with Gasteiger partial charge in [-0.15, -0.1) is 11.6 Å². The zero-order chi connectivity index (χ0) is 18.8. The van der Waals surface area contributed by atoms with E-state index in [9.17, 15) is 4.79 Å². The Hall–Kier alpha value is 0.870. The Morgan fingerprint density at radius 2 is 1.71 bits per heavy atom. The molecule has 9 heteroatoms. The molecular formula is C15H25Cl4NO2S2.